The van der Waals surface area contributed by atoms with Gasteiger partial charge in [0.1, 0.15) is 11.2 Å². The quantitative estimate of drug-likeness (QED) is 0.292. The van der Waals surface area contributed by atoms with Crippen molar-refractivity contribution in [3.8, 4) is 0 Å². The lowest BCUT2D eigenvalue weighted by Crippen LogP contribution is -2.82. The van der Waals surface area contributed by atoms with Gasteiger partial charge in [0.25, 0.3) is 0 Å². The van der Waals surface area contributed by atoms with Gasteiger partial charge in [0, 0.05) is 82.3 Å². The van der Waals surface area contributed by atoms with Crippen molar-refractivity contribution in [3.05, 3.63) is 29.8 Å². The molecule has 14 atom stereocenters. The summed E-state index contributed by atoms with van der Waals surface area (Å²) in [4.78, 5) is 43.3. The first-order valence-electron chi connectivity index (χ1n) is 17.9. The van der Waals surface area contributed by atoms with Gasteiger partial charge in [-0.3, -0.25) is 14.5 Å². The van der Waals surface area contributed by atoms with Gasteiger partial charge < -0.3 is 33.9 Å². The van der Waals surface area contributed by atoms with Crippen molar-refractivity contribution in [2.24, 2.45) is 40.4 Å². The number of carbonyl (C=O) groups is 3. The fourth-order valence-electron chi connectivity index (χ4n) is 13.2. The zero-order valence-corrected chi connectivity index (χ0v) is 29.3. The number of fused-ring (bicyclic) bond motifs is 2. The SMILES string of the molecule is CCN1C[C@]2(COC(=O)c3ccccc3N3C(=O)C[C@H](C)C3=O)CCC(OC)C34C2C(OC)[C@](O)(C13)[C@@]1(O)C[C@H](OC)C2C[C@@H]4[C@@H]1[C@H]2OC. The van der Waals surface area contributed by atoms with E-state index >= 15 is 0 Å². The molecule has 12 heteroatoms. The monoisotopic (exact) mass is 682 g/mol. The van der Waals surface area contributed by atoms with Gasteiger partial charge in [0.05, 0.1) is 48.3 Å². The molecule has 2 saturated heterocycles. The minimum absolute atomic E-state index is 0.0358. The lowest BCUT2D eigenvalue weighted by molar-refractivity contribution is -0.320. The van der Waals surface area contributed by atoms with Gasteiger partial charge in [-0.1, -0.05) is 26.0 Å². The number of imide groups is 1. The third kappa shape index (κ3) is 3.86. The molecule has 49 heavy (non-hydrogen) atoms. The summed E-state index contributed by atoms with van der Waals surface area (Å²) in [5.41, 5.74) is -4.17. The first kappa shape index (κ1) is 33.7. The molecule has 2 N–H and O–H groups in total. The summed E-state index contributed by atoms with van der Waals surface area (Å²) in [5, 5.41) is 26.6. The van der Waals surface area contributed by atoms with Crippen LogP contribution in [-0.2, 0) is 33.3 Å². The number of methoxy groups -OCH3 is 4. The second-order valence-electron chi connectivity index (χ2n) is 16.0. The minimum atomic E-state index is -1.70. The highest BCUT2D eigenvalue weighted by atomic mass is 16.5. The van der Waals surface area contributed by atoms with E-state index in [1.54, 1.807) is 59.6 Å². The Morgan fingerprint density at radius 2 is 1.80 bits per heavy atom. The fourth-order valence-corrected chi connectivity index (χ4v) is 13.2. The Kier molecular flexibility index (Phi) is 7.75. The normalized spacial score (nSPS) is 48.0. The van der Waals surface area contributed by atoms with Crippen LogP contribution in [0, 0.1) is 40.4 Å². The van der Waals surface area contributed by atoms with Crippen LogP contribution in [-0.4, -0.2) is 123 Å². The zero-order chi connectivity index (χ0) is 34.8. The van der Waals surface area contributed by atoms with E-state index in [0.29, 0.717) is 25.9 Å². The molecular weight excluding hydrogens is 632 g/mol. The Balaban J connectivity index is 1.23. The fraction of sp³-hybridized carbons (Fsp3) is 0.757. The number of ether oxygens (including phenoxy) is 5. The van der Waals surface area contributed by atoms with Crippen LogP contribution < -0.4 is 4.90 Å². The second-order valence-corrected chi connectivity index (χ2v) is 16.0. The molecule has 7 bridgehead atoms. The highest BCUT2D eigenvalue weighted by molar-refractivity contribution is 6.22. The summed E-state index contributed by atoms with van der Waals surface area (Å²) < 4.78 is 31.4. The average molecular weight is 683 g/mol. The first-order valence-corrected chi connectivity index (χ1v) is 17.9. The number of hydrogen-bond donors (Lipinski definition) is 2. The van der Waals surface area contributed by atoms with Gasteiger partial charge in [-0.2, -0.15) is 0 Å². The van der Waals surface area contributed by atoms with Crippen LogP contribution in [0.25, 0.3) is 0 Å². The lowest BCUT2D eigenvalue weighted by atomic mass is 9.42. The summed E-state index contributed by atoms with van der Waals surface area (Å²) >= 11 is 0. The number of hydrogen-bond acceptors (Lipinski definition) is 11. The van der Waals surface area contributed by atoms with Crippen LogP contribution in [0.5, 0.6) is 0 Å². The van der Waals surface area contributed by atoms with E-state index in [4.69, 9.17) is 23.7 Å². The highest BCUT2D eigenvalue weighted by Gasteiger charge is 2.91. The maximum atomic E-state index is 14.1. The molecule has 6 unspecified atom stereocenters. The Morgan fingerprint density at radius 3 is 2.43 bits per heavy atom. The molecule has 2 aliphatic heterocycles. The summed E-state index contributed by atoms with van der Waals surface area (Å²) in [5.74, 6) is -2.47. The summed E-state index contributed by atoms with van der Waals surface area (Å²) in [6.45, 7) is 4.95. The van der Waals surface area contributed by atoms with E-state index < -0.39 is 46.1 Å². The van der Waals surface area contributed by atoms with Crippen LogP contribution in [0.1, 0.15) is 56.3 Å². The number of aliphatic hydroxyl groups is 2. The number of nitrogens with zero attached hydrogens (tertiary/aromatic N) is 2. The van der Waals surface area contributed by atoms with Crippen molar-refractivity contribution in [1.29, 1.82) is 0 Å². The number of para-hydroxylation sites is 1. The van der Waals surface area contributed by atoms with Gasteiger partial charge in [-0.05, 0) is 43.9 Å². The molecule has 5 saturated carbocycles. The summed E-state index contributed by atoms with van der Waals surface area (Å²) in [6.07, 6.45) is 0.813. The zero-order valence-electron chi connectivity index (χ0n) is 29.3. The predicted octanol–water partition coefficient (Wildman–Crippen LogP) is 2.04. The maximum Gasteiger partial charge on any atom is 0.340 e. The molecule has 1 aromatic rings. The van der Waals surface area contributed by atoms with E-state index in [1.807, 2.05) is 0 Å². The van der Waals surface area contributed by atoms with Crippen molar-refractivity contribution in [2.45, 2.75) is 87.6 Å². The van der Waals surface area contributed by atoms with Crippen molar-refractivity contribution in [1.82, 2.24) is 4.90 Å². The molecule has 1 spiro atoms. The van der Waals surface area contributed by atoms with Crippen LogP contribution in [0.15, 0.2) is 24.3 Å². The topological polar surface area (TPSA) is 144 Å². The predicted molar refractivity (Wildman–Crippen MR) is 174 cm³/mol. The van der Waals surface area contributed by atoms with E-state index in [2.05, 4.69) is 11.8 Å². The Morgan fingerprint density at radius 1 is 1.04 bits per heavy atom. The van der Waals surface area contributed by atoms with Crippen LogP contribution >= 0.6 is 0 Å². The Bertz CT molecular complexity index is 1560. The molecule has 7 fully saturated rings. The largest absolute Gasteiger partial charge is 0.461 e. The molecule has 12 nitrogen and oxygen atoms in total. The third-order valence-electron chi connectivity index (χ3n) is 14.5. The molecule has 1 aromatic carbocycles. The number of piperidine rings is 1. The smallest absolute Gasteiger partial charge is 0.340 e. The van der Waals surface area contributed by atoms with Crippen LogP contribution in [0.2, 0.25) is 0 Å². The number of likely N-dealkylation sites (N-methyl/N-ethyl adjacent to an activating group) is 1. The molecular formula is C37H50N2O10. The lowest BCUT2D eigenvalue weighted by Gasteiger charge is -2.70. The van der Waals surface area contributed by atoms with Crippen molar-refractivity contribution < 1.29 is 48.3 Å². The van der Waals surface area contributed by atoms with Gasteiger partial charge in [0.2, 0.25) is 11.8 Å². The number of amides is 2. The molecule has 2 heterocycles. The number of carbonyl (C=O) groups excluding carboxylic acids is 3. The molecule has 8 rings (SSSR count). The molecule has 0 aromatic heterocycles. The van der Waals surface area contributed by atoms with Gasteiger partial charge in [-0.15, -0.1) is 0 Å². The molecule has 2 amide bonds. The average Bonchev–Trinajstić information content (AvgIpc) is 3.63. The van der Waals surface area contributed by atoms with Crippen LogP contribution in [0.4, 0.5) is 5.69 Å². The van der Waals surface area contributed by atoms with E-state index in [9.17, 15) is 24.6 Å². The van der Waals surface area contributed by atoms with Gasteiger partial charge in [-0.25, -0.2) is 9.69 Å². The number of esters is 1. The Labute approximate surface area is 287 Å². The minimum Gasteiger partial charge on any atom is -0.461 e. The first-order chi connectivity index (χ1) is 23.4. The van der Waals surface area contributed by atoms with Gasteiger partial charge in [0.15, 0.2) is 0 Å². The van der Waals surface area contributed by atoms with Crippen molar-refractivity contribution in [2.75, 3.05) is 53.0 Å². The van der Waals surface area contributed by atoms with Crippen molar-refractivity contribution in [3.63, 3.8) is 0 Å². The number of benzene rings is 1. The van der Waals surface area contributed by atoms with E-state index in [0.717, 1.165) is 11.3 Å². The number of likely N-dealkylation sites (tertiary alicyclic amines) is 1. The third-order valence-corrected chi connectivity index (χ3v) is 14.5. The second kappa shape index (κ2) is 11.3. The molecule has 0 radical (unpaired) electrons. The number of rotatable bonds is 9. The van der Waals surface area contributed by atoms with E-state index in [-0.39, 0.29) is 84.5 Å². The molecule has 5 aliphatic carbocycles. The summed E-state index contributed by atoms with van der Waals surface area (Å²) in [6, 6.07) is 6.12. The highest BCUT2D eigenvalue weighted by Crippen LogP contribution is 2.80. The molecule has 268 valence electrons. The van der Waals surface area contributed by atoms with Gasteiger partial charge >= 0.3 is 5.97 Å². The van der Waals surface area contributed by atoms with Crippen LogP contribution in [0.3, 0.4) is 0 Å². The summed E-state index contributed by atoms with van der Waals surface area (Å²) in [7, 11) is 6.70. The standard InChI is InChI=1S/C37H50N2O10/c1-7-38-17-34(18-49-32(42)20-10-8-9-11-23(20)39-26(40)14-19(2)31(39)41)13-12-25(46-4)36-22-15-21-24(45-3)16-35(43,27(22)28(21)47-5)37(44,33(36)38)30(48-6)29(34)36/h8-11,19,21-22,24-25,27-30,33,43-44H,7,12-18H2,1-6H3/t19-,21?,22+,24-,25?,27+,28-,29?,30?,33?,34-,35+,36?,37-/m0/s1. The number of anilines is 1. The Hall–Kier alpha value is -2.45. The molecule has 7 aliphatic rings. The van der Waals surface area contributed by atoms with E-state index in [1.165, 1.54) is 0 Å². The van der Waals surface area contributed by atoms with Crippen molar-refractivity contribution >= 4 is 23.5 Å². The maximum absolute atomic E-state index is 14.1.